The monoisotopic (exact) mass is 346 g/mol. The molecule has 21 heavy (non-hydrogen) atoms. The zero-order valence-electron chi connectivity index (χ0n) is 11.7. The standard InChI is InChI=1S/C16H15BrN2O2/c1-21-12-4-2-11(3-5-12)10-19-9-7-13-14(16(19)20)6-8-18-15(13)17/h2-6,8H,7,9-10H2,1H3. The third-order valence-electron chi connectivity index (χ3n) is 3.69. The van der Waals surface area contributed by atoms with Crippen molar-refractivity contribution in [3.8, 4) is 5.75 Å². The predicted octanol–water partition coefficient (Wildman–Crippen LogP) is 3.05. The Morgan fingerprint density at radius 1 is 1.29 bits per heavy atom. The van der Waals surface area contributed by atoms with Crippen LogP contribution in [-0.2, 0) is 13.0 Å². The largest absolute Gasteiger partial charge is 0.497 e. The van der Waals surface area contributed by atoms with Crippen LogP contribution in [0.4, 0.5) is 0 Å². The van der Waals surface area contributed by atoms with Crippen LogP contribution in [0.1, 0.15) is 21.5 Å². The van der Waals surface area contributed by atoms with Gasteiger partial charge in [0.15, 0.2) is 0 Å². The number of methoxy groups -OCH3 is 1. The molecule has 0 N–H and O–H groups in total. The summed E-state index contributed by atoms with van der Waals surface area (Å²) in [5.41, 5.74) is 2.85. The summed E-state index contributed by atoms with van der Waals surface area (Å²) in [4.78, 5) is 18.6. The number of fused-ring (bicyclic) bond motifs is 1. The summed E-state index contributed by atoms with van der Waals surface area (Å²) in [5.74, 6) is 0.888. The molecule has 0 fully saturated rings. The molecule has 0 unspecified atom stereocenters. The molecule has 0 bridgehead atoms. The van der Waals surface area contributed by atoms with E-state index in [4.69, 9.17) is 4.74 Å². The number of pyridine rings is 1. The van der Waals surface area contributed by atoms with Crippen molar-refractivity contribution in [1.82, 2.24) is 9.88 Å². The molecule has 1 aromatic carbocycles. The summed E-state index contributed by atoms with van der Waals surface area (Å²) in [7, 11) is 1.64. The van der Waals surface area contributed by atoms with E-state index in [1.165, 1.54) is 0 Å². The molecule has 1 aromatic heterocycles. The first-order valence-corrected chi connectivity index (χ1v) is 7.54. The van der Waals surface area contributed by atoms with Crippen LogP contribution in [0.5, 0.6) is 5.75 Å². The number of carbonyl (C=O) groups excluding carboxylic acids is 1. The van der Waals surface area contributed by atoms with Crippen molar-refractivity contribution in [2.24, 2.45) is 0 Å². The lowest BCUT2D eigenvalue weighted by atomic mass is 10.0. The SMILES string of the molecule is COc1ccc(CN2CCc3c(ccnc3Br)C2=O)cc1. The Balaban J connectivity index is 1.80. The Labute approximate surface area is 131 Å². The molecule has 2 aromatic rings. The Morgan fingerprint density at radius 3 is 2.76 bits per heavy atom. The Hall–Kier alpha value is -1.88. The Bertz CT molecular complexity index is 670. The van der Waals surface area contributed by atoms with Crippen molar-refractivity contribution >= 4 is 21.8 Å². The summed E-state index contributed by atoms with van der Waals surface area (Å²) in [6.07, 6.45) is 2.49. The fraction of sp³-hybridized carbons (Fsp3) is 0.250. The van der Waals surface area contributed by atoms with Gasteiger partial charge in [-0.15, -0.1) is 0 Å². The van der Waals surface area contributed by atoms with Gasteiger partial charge in [-0.3, -0.25) is 4.79 Å². The number of benzene rings is 1. The highest BCUT2D eigenvalue weighted by Crippen LogP contribution is 2.25. The molecule has 3 rings (SSSR count). The number of rotatable bonds is 3. The first-order chi connectivity index (χ1) is 10.2. The Morgan fingerprint density at radius 2 is 2.05 bits per heavy atom. The fourth-order valence-corrected chi connectivity index (χ4v) is 3.06. The van der Waals surface area contributed by atoms with Crippen molar-refractivity contribution in [2.75, 3.05) is 13.7 Å². The van der Waals surface area contributed by atoms with E-state index in [2.05, 4.69) is 20.9 Å². The number of hydrogen-bond donors (Lipinski definition) is 0. The molecule has 1 aliphatic rings. The number of amides is 1. The second-order valence-corrected chi connectivity index (χ2v) is 5.70. The lowest BCUT2D eigenvalue weighted by Crippen LogP contribution is -2.37. The van der Waals surface area contributed by atoms with Gasteiger partial charge in [0.05, 0.1) is 7.11 Å². The van der Waals surface area contributed by atoms with E-state index in [1.54, 1.807) is 19.4 Å². The molecule has 0 aliphatic carbocycles. The van der Waals surface area contributed by atoms with Crippen molar-refractivity contribution < 1.29 is 9.53 Å². The molecule has 0 spiro atoms. The maximum atomic E-state index is 12.5. The molecule has 0 saturated heterocycles. The molecular weight excluding hydrogens is 332 g/mol. The third kappa shape index (κ3) is 2.78. The smallest absolute Gasteiger partial charge is 0.254 e. The molecular formula is C16H15BrN2O2. The van der Waals surface area contributed by atoms with Gasteiger partial charge in [0.2, 0.25) is 0 Å². The van der Waals surface area contributed by atoms with Gasteiger partial charge in [-0.1, -0.05) is 12.1 Å². The second kappa shape index (κ2) is 5.85. The minimum Gasteiger partial charge on any atom is -0.497 e. The van der Waals surface area contributed by atoms with E-state index in [0.717, 1.165) is 33.5 Å². The van der Waals surface area contributed by atoms with Gasteiger partial charge in [0, 0.05) is 24.8 Å². The summed E-state index contributed by atoms with van der Waals surface area (Å²) in [6, 6.07) is 9.60. The van der Waals surface area contributed by atoms with Crippen molar-refractivity contribution in [3.05, 3.63) is 57.8 Å². The van der Waals surface area contributed by atoms with E-state index in [9.17, 15) is 4.79 Å². The van der Waals surface area contributed by atoms with E-state index in [0.29, 0.717) is 13.1 Å². The highest BCUT2D eigenvalue weighted by molar-refractivity contribution is 9.10. The quantitative estimate of drug-likeness (QED) is 0.802. The van der Waals surface area contributed by atoms with Crippen LogP contribution in [0.15, 0.2) is 41.1 Å². The molecule has 4 nitrogen and oxygen atoms in total. The molecule has 2 heterocycles. The predicted molar refractivity (Wildman–Crippen MR) is 83.4 cm³/mol. The van der Waals surface area contributed by atoms with Gasteiger partial charge in [-0.2, -0.15) is 0 Å². The number of halogens is 1. The van der Waals surface area contributed by atoms with E-state index in [-0.39, 0.29) is 5.91 Å². The minimum absolute atomic E-state index is 0.0650. The van der Waals surface area contributed by atoms with Gasteiger partial charge in [-0.25, -0.2) is 4.98 Å². The minimum atomic E-state index is 0.0650. The zero-order valence-corrected chi connectivity index (χ0v) is 13.3. The van der Waals surface area contributed by atoms with Crippen molar-refractivity contribution in [2.45, 2.75) is 13.0 Å². The van der Waals surface area contributed by atoms with Crippen molar-refractivity contribution in [1.29, 1.82) is 0 Å². The summed E-state index contributed by atoms with van der Waals surface area (Å²) < 4.78 is 5.92. The van der Waals surface area contributed by atoms with Gasteiger partial charge in [0.1, 0.15) is 10.4 Å². The second-order valence-electron chi connectivity index (χ2n) is 4.95. The van der Waals surface area contributed by atoms with Crippen LogP contribution in [0, 0.1) is 0 Å². The summed E-state index contributed by atoms with van der Waals surface area (Å²) >= 11 is 3.42. The van der Waals surface area contributed by atoms with Gasteiger partial charge >= 0.3 is 0 Å². The van der Waals surface area contributed by atoms with Gasteiger partial charge in [0.25, 0.3) is 5.91 Å². The van der Waals surface area contributed by atoms with Gasteiger partial charge < -0.3 is 9.64 Å². The molecule has 0 radical (unpaired) electrons. The van der Waals surface area contributed by atoms with Crippen LogP contribution in [0.2, 0.25) is 0 Å². The molecule has 5 heteroatoms. The lowest BCUT2D eigenvalue weighted by Gasteiger charge is -2.29. The number of aromatic nitrogens is 1. The number of carbonyl (C=O) groups is 1. The maximum Gasteiger partial charge on any atom is 0.254 e. The zero-order chi connectivity index (χ0) is 14.8. The molecule has 0 saturated carbocycles. The van der Waals surface area contributed by atoms with Crippen LogP contribution in [0.3, 0.4) is 0 Å². The number of ether oxygens (including phenoxy) is 1. The van der Waals surface area contributed by atoms with Crippen molar-refractivity contribution in [3.63, 3.8) is 0 Å². The maximum absolute atomic E-state index is 12.5. The average molecular weight is 347 g/mol. The van der Waals surface area contributed by atoms with Crippen LogP contribution >= 0.6 is 15.9 Å². The molecule has 108 valence electrons. The van der Waals surface area contributed by atoms with E-state index >= 15 is 0 Å². The van der Waals surface area contributed by atoms with Crippen LogP contribution < -0.4 is 4.74 Å². The first-order valence-electron chi connectivity index (χ1n) is 6.74. The summed E-state index contributed by atoms with van der Waals surface area (Å²) in [5, 5.41) is 0. The van der Waals surface area contributed by atoms with E-state index < -0.39 is 0 Å². The van der Waals surface area contributed by atoms with Crippen LogP contribution in [-0.4, -0.2) is 29.4 Å². The van der Waals surface area contributed by atoms with Gasteiger partial charge in [-0.05, 0) is 51.7 Å². The summed E-state index contributed by atoms with van der Waals surface area (Å²) in [6.45, 7) is 1.32. The molecule has 1 amide bonds. The number of nitrogens with zero attached hydrogens (tertiary/aromatic N) is 2. The van der Waals surface area contributed by atoms with Crippen LogP contribution in [0.25, 0.3) is 0 Å². The lowest BCUT2D eigenvalue weighted by molar-refractivity contribution is 0.0726. The number of hydrogen-bond acceptors (Lipinski definition) is 3. The first kappa shape index (κ1) is 14.1. The third-order valence-corrected chi connectivity index (χ3v) is 4.37. The highest BCUT2D eigenvalue weighted by atomic mass is 79.9. The average Bonchev–Trinajstić information content (AvgIpc) is 2.51. The topological polar surface area (TPSA) is 42.4 Å². The fourth-order valence-electron chi connectivity index (χ4n) is 2.53. The molecule has 1 aliphatic heterocycles. The van der Waals surface area contributed by atoms with E-state index in [1.807, 2.05) is 29.2 Å². The highest BCUT2D eigenvalue weighted by Gasteiger charge is 2.26. The normalized spacial score (nSPS) is 14.0. The Kier molecular flexibility index (Phi) is 3.92. The molecule has 0 atom stereocenters.